The van der Waals surface area contributed by atoms with Gasteiger partial charge < -0.3 is 24.2 Å². The summed E-state index contributed by atoms with van der Waals surface area (Å²) in [6, 6.07) is 5.83. The van der Waals surface area contributed by atoms with Crippen LogP contribution in [0, 0.1) is 0 Å². The molecule has 2 aromatic rings. The summed E-state index contributed by atoms with van der Waals surface area (Å²) >= 11 is 0. The number of hydrogen-bond acceptors (Lipinski definition) is 7. The first-order valence-electron chi connectivity index (χ1n) is 8.84. The lowest BCUT2D eigenvalue weighted by Gasteiger charge is -2.22. The van der Waals surface area contributed by atoms with Crippen LogP contribution in [0.5, 0.6) is 11.5 Å². The van der Waals surface area contributed by atoms with E-state index in [0.29, 0.717) is 55.8 Å². The largest absolute Gasteiger partial charge is 0.486 e. The Balaban J connectivity index is 1.49. The van der Waals surface area contributed by atoms with Gasteiger partial charge in [-0.25, -0.2) is 0 Å². The molecular weight excluding hydrogens is 336 g/mol. The fraction of sp³-hybridized carbons (Fsp3) is 0.500. The molecule has 2 aliphatic heterocycles. The number of hydrogen-bond donors (Lipinski definition) is 1. The quantitative estimate of drug-likeness (QED) is 0.866. The number of nitrogens with one attached hydrogen (secondary N) is 1. The smallest absolute Gasteiger partial charge is 0.232 e. The van der Waals surface area contributed by atoms with Crippen molar-refractivity contribution in [3.05, 3.63) is 29.9 Å². The van der Waals surface area contributed by atoms with Crippen molar-refractivity contribution >= 4 is 11.6 Å². The molecule has 0 radical (unpaired) electrons. The van der Waals surface area contributed by atoms with Crippen LogP contribution >= 0.6 is 0 Å². The third kappa shape index (κ3) is 3.24. The van der Waals surface area contributed by atoms with Crippen molar-refractivity contribution in [1.82, 2.24) is 15.5 Å². The highest BCUT2D eigenvalue weighted by Crippen LogP contribution is 2.37. The molecule has 2 aliphatic rings. The zero-order valence-corrected chi connectivity index (χ0v) is 14.9. The maximum absolute atomic E-state index is 12.5. The Morgan fingerprint density at radius 1 is 1.31 bits per heavy atom. The molecule has 4 rings (SSSR count). The van der Waals surface area contributed by atoms with E-state index in [1.165, 1.54) is 0 Å². The van der Waals surface area contributed by atoms with Gasteiger partial charge in [0, 0.05) is 37.2 Å². The third-order valence-corrected chi connectivity index (χ3v) is 4.78. The molecule has 1 aromatic heterocycles. The molecule has 26 heavy (non-hydrogen) atoms. The molecule has 1 amide bonds. The van der Waals surface area contributed by atoms with Gasteiger partial charge in [-0.3, -0.25) is 4.79 Å². The summed E-state index contributed by atoms with van der Waals surface area (Å²) in [7, 11) is 1.90. The van der Waals surface area contributed by atoms with E-state index in [2.05, 4.69) is 22.4 Å². The summed E-state index contributed by atoms with van der Waals surface area (Å²) in [5, 5.41) is 7.18. The molecule has 0 bridgehead atoms. The highest BCUT2D eigenvalue weighted by Gasteiger charge is 2.35. The second kappa shape index (κ2) is 6.95. The molecule has 0 spiro atoms. The van der Waals surface area contributed by atoms with Gasteiger partial charge >= 0.3 is 0 Å². The monoisotopic (exact) mass is 358 g/mol. The van der Waals surface area contributed by atoms with Gasteiger partial charge in [0.25, 0.3) is 0 Å². The number of benzene rings is 1. The zero-order valence-electron chi connectivity index (χ0n) is 14.9. The zero-order chi connectivity index (χ0) is 18.1. The SMILES string of the molecule is CNC(C)Cc1noc(C2CC(=O)N(c3ccc4c(c3)OCCO4)C2)n1. The van der Waals surface area contributed by atoms with Crippen molar-refractivity contribution in [3.8, 4) is 11.5 Å². The molecule has 0 saturated carbocycles. The fourth-order valence-electron chi connectivity index (χ4n) is 3.21. The van der Waals surface area contributed by atoms with E-state index in [4.69, 9.17) is 14.0 Å². The number of nitrogens with zero attached hydrogens (tertiary/aromatic N) is 3. The van der Waals surface area contributed by atoms with Crippen LogP contribution in [0.2, 0.25) is 0 Å². The van der Waals surface area contributed by atoms with Crippen molar-refractivity contribution in [1.29, 1.82) is 0 Å². The number of ether oxygens (including phenoxy) is 2. The number of aromatic nitrogens is 2. The summed E-state index contributed by atoms with van der Waals surface area (Å²) in [6.07, 6.45) is 1.05. The van der Waals surface area contributed by atoms with E-state index < -0.39 is 0 Å². The molecule has 1 fully saturated rings. The maximum Gasteiger partial charge on any atom is 0.232 e. The lowest BCUT2D eigenvalue weighted by Crippen LogP contribution is -2.25. The normalized spacial score (nSPS) is 20.5. The predicted octanol–water partition coefficient (Wildman–Crippen LogP) is 1.51. The van der Waals surface area contributed by atoms with E-state index in [1.807, 2.05) is 25.2 Å². The van der Waals surface area contributed by atoms with Crippen LogP contribution in [-0.4, -0.2) is 48.9 Å². The number of fused-ring (bicyclic) bond motifs is 1. The lowest BCUT2D eigenvalue weighted by molar-refractivity contribution is -0.117. The van der Waals surface area contributed by atoms with Gasteiger partial charge in [0.2, 0.25) is 11.8 Å². The number of anilines is 1. The van der Waals surface area contributed by atoms with E-state index in [0.717, 1.165) is 5.69 Å². The van der Waals surface area contributed by atoms with Gasteiger partial charge in [-0.1, -0.05) is 5.16 Å². The Morgan fingerprint density at radius 2 is 2.12 bits per heavy atom. The molecular formula is C18H22N4O4. The minimum atomic E-state index is -0.0955. The molecule has 8 heteroatoms. The minimum Gasteiger partial charge on any atom is -0.486 e. The van der Waals surface area contributed by atoms with Crippen LogP contribution in [0.15, 0.2) is 22.7 Å². The van der Waals surface area contributed by atoms with Crippen molar-refractivity contribution in [3.63, 3.8) is 0 Å². The van der Waals surface area contributed by atoms with Crippen molar-refractivity contribution in [2.24, 2.45) is 0 Å². The van der Waals surface area contributed by atoms with E-state index in [-0.39, 0.29) is 17.9 Å². The van der Waals surface area contributed by atoms with Crippen LogP contribution in [0.25, 0.3) is 0 Å². The fourth-order valence-corrected chi connectivity index (χ4v) is 3.21. The summed E-state index contributed by atoms with van der Waals surface area (Å²) < 4.78 is 16.6. The Hall–Kier alpha value is -2.61. The molecule has 1 saturated heterocycles. The summed E-state index contributed by atoms with van der Waals surface area (Å²) in [6.45, 7) is 3.63. The third-order valence-electron chi connectivity index (χ3n) is 4.78. The molecule has 1 aromatic carbocycles. The number of rotatable bonds is 5. The van der Waals surface area contributed by atoms with Gasteiger partial charge in [-0.15, -0.1) is 0 Å². The van der Waals surface area contributed by atoms with Gasteiger partial charge in [0.15, 0.2) is 17.3 Å². The van der Waals surface area contributed by atoms with Crippen molar-refractivity contribution < 1.29 is 18.8 Å². The van der Waals surface area contributed by atoms with Crippen LogP contribution in [0.3, 0.4) is 0 Å². The van der Waals surface area contributed by atoms with E-state index in [9.17, 15) is 4.79 Å². The highest BCUT2D eigenvalue weighted by atomic mass is 16.6. The molecule has 2 unspecified atom stereocenters. The maximum atomic E-state index is 12.5. The predicted molar refractivity (Wildman–Crippen MR) is 93.7 cm³/mol. The van der Waals surface area contributed by atoms with E-state index >= 15 is 0 Å². The molecule has 2 atom stereocenters. The number of likely N-dealkylation sites (N-methyl/N-ethyl adjacent to an activating group) is 1. The summed E-state index contributed by atoms with van der Waals surface area (Å²) in [5.41, 5.74) is 0.797. The minimum absolute atomic E-state index is 0.0371. The second-order valence-electron chi connectivity index (χ2n) is 6.68. The number of amides is 1. The van der Waals surface area contributed by atoms with Crippen LogP contribution in [0.4, 0.5) is 5.69 Å². The molecule has 0 aliphatic carbocycles. The van der Waals surface area contributed by atoms with Crippen LogP contribution in [0.1, 0.15) is 31.0 Å². The molecule has 1 N–H and O–H groups in total. The summed E-state index contributed by atoms with van der Waals surface area (Å²) in [5.74, 6) is 2.51. The first-order chi connectivity index (χ1) is 12.6. The average molecular weight is 358 g/mol. The van der Waals surface area contributed by atoms with Gasteiger partial charge in [-0.2, -0.15) is 4.98 Å². The van der Waals surface area contributed by atoms with Gasteiger partial charge in [-0.05, 0) is 26.1 Å². The topological polar surface area (TPSA) is 89.7 Å². The Bertz CT molecular complexity index is 806. The molecule has 138 valence electrons. The number of carbonyl (C=O) groups is 1. The molecule has 3 heterocycles. The first-order valence-corrected chi connectivity index (χ1v) is 8.84. The van der Waals surface area contributed by atoms with Crippen molar-refractivity contribution in [2.75, 3.05) is 31.7 Å². The van der Waals surface area contributed by atoms with Crippen molar-refractivity contribution in [2.45, 2.75) is 31.7 Å². The van der Waals surface area contributed by atoms with Crippen LogP contribution in [-0.2, 0) is 11.2 Å². The average Bonchev–Trinajstić information content (AvgIpc) is 3.27. The molecule has 8 nitrogen and oxygen atoms in total. The highest BCUT2D eigenvalue weighted by molar-refractivity contribution is 5.96. The van der Waals surface area contributed by atoms with E-state index in [1.54, 1.807) is 4.90 Å². The Kier molecular flexibility index (Phi) is 4.50. The Morgan fingerprint density at radius 3 is 2.92 bits per heavy atom. The lowest BCUT2D eigenvalue weighted by atomic mass is 10.1. The van der Waals surface area contributed by atoms with Gasteiger partial charge in [0.1, 0.15) is 13.2 Å². The van der Waals surface area contributed by atoms with Crippen LogP contribution < -0.4 is 19.7 Å². The summed E-state index contributed by atoms with van der Waals surface area (Å²) in [4.78, 5) is 18.7. The number of carbonyl (C=O) groups excluding carboxylic acids is 1. The Labute approximate surface area is 151 Å². The standard InChI is InChI=1S/C18H22N4O4/c1-11(19-2)7-16-20-18(26-21-16)12-8-17(23)22(10-12)13-3-4-14-15(9-13)25-6-5-24-14/h3-4,9,11-12,19H,5-8,10H2,1-2H3. The second-order valence-corrected chi connectivity index (χ2v) is 6.68. The van der Waals surface area contributed by atoms with Gasteiger partial charge in [0.05, 0.1) is 5.92 Å². The first kappa shape index (κ1) is 16.8.